The molecular weight excluding hydrogens is 540 g/mol. The van der Waals surface area contributed by atoms with Gasteiger partial charge in [0.05, 0.1) is 35.6 Å². The Balaban J connectivity index is 1.38. The van der Waals surface area contributed by atoms with Crippen LogP contribution in [0.1, 0.15) is 22.3 Å². The summed E-state index contributed by atoms with van der Waals surface area (Å²) in [6, 6.07) is 48.6. The normalized spacial score (nSPS) is 14.8. The zero-order valence-corrected chi connectivity index (χ0v) is 24.0. The third-order valence-electron chi connectivity index (χ3n) is 8.59. The molecule has 6 aromatic rings. The van der Waals surface area contributed by atoms with Crippen LogP contribution in [0.5, 0.6) is 0 Å². The van der Waals surface area contributed by atoms with Gasteiger partial charge in [-0.2, -0.15) is 0 Å². The van der Waals surface area contributed by atoms with E-state index in [0.29, 0.717) is 35.6 Å². The summed E-state index contributed by atoms with van der Waals surface area (Å²) >= 11 is 0. The molecule has 0 unspecified atom stereocenters. The van der Waals surface area contributed by atoms with Crippen molar-refractivity contribution in [2.75, 3.05) is 0 Å². The fourth-order valence-corrected chi connectivity index (χ4v) is 6.50. The van der Waals surface area contributed by atoms with Crippen LogP contribution in [0.2, 0.25) is 0 Å². The maximum absolute atomic E-state index is 14.7. The number of benzene rings is 6. The summed E-state index contributed by atoms with van der Waals surface area (Å²) in [5.41, 5.74) is 5.98. The van der Waals surface area contributed by atoms with E-state index < -0.39 is 0 Å². The van der Waals surface area contributed by atoms with Crippen molar-refractivity contribution in [2.45, 2.75) is 13.1 Å². The summed E-state index contributed by atoms with van der Waals surface area (Å²) in [7, 11) is 0. The van der Waals surface area contributed by atoms with Crippen molar-refractivity contribution in [3.63, 3.8) is 0 Å². The number of nitrogens with zero attached hydrogens (tertiary/aromatic N) is 2. The van der Waals surface area contributed by atoms with Crippen LogP contribution in [0.15, 0.2) is 157 Å². The summed E-state index contributed by atoms with van der Waals surface area (Å²) in [6.45, 7) is 0.734. The van der Waals surface area contributed by atoms with Crippen LogP contribution in [0.4, 0.5) is 0 Å². The largest absolute Gasteiger partial charge is 0.302 e. The lowest BCUT2D eigenvalue weighted by molar-refractivity contribution is -0.124. The molecule has 4 heteroatoms. The van der Waals surface area contributed by atoms with E-state index in [1.54, 1.807) is 9.80 Å². The van der Waals surface area contributed by atoms with Crippen molar-refractivity contribution in [3.05, 3.63) is 179 Å². The molecule has 2 heterocycles. The maximum atomic E-state index is 14.7. The van der Waals surface area contributed by atoms with Gasteiger partial charge < -0.3 is 9.80 Å². The van der Waals surface area contributed by atoms with Crippen LogP contribution >= 0.6 is 0 Å². The van der Waals surface area contributed by atoms with E-state index in [4.69, 9.17) is 0 Å². The average Bonchev–Trinajstić information content (AvgIpc) is 3.51. The lowest BCUT2D eigenvalue weighted by atomic mass is 9.99. The van der Waals surface area contributed by atoms with Crippen LogP contribution < -0.4 is 0 Å². The second-order valence-electron chi connectivity index (χ2n) is 11.3. The molecule has 2 amide bonds. The van der Waals surface area contributed by atoms with Gasteiger partial charge in [-0.1, -0.05) is 133 Å². The first-order valence-corrected chi connectivity index (χ1v) is 14.8. The first-order chi connectivity index (χ1) is 21.7. The third-order valence-corrected chi connectivity index (χ3v) is 8.59. The summed E-state index contributed by atoms with van der Waals surface area (Å²) in [5.74, 6) is -0.307. The molecule has 0 aromatic heterocycles. The highest BCUT2D eigenvalue weighted by Crippen LogP contribution is 2.48. The predicted molar refractivity (Wildman–Crippen MR) is 176 cm³/mol. The molecule has 210 valence electrons. The van der Waals surface area contributed by atoms with Crippen molar-refractivity contribution >= 4 is 44.8 Å². The monoisotopic (exact) mass is 568 g/mol. The molecule has 0 radical (unpaired) electrons. The lowest BCUT2D eigenvalue weighted by Crippen LogP contribution is -2.29. The molecule has 8 rings (SSSR count). The second kappa shape index (κ2) is 10.5. The molecule has 0 saturated heterocycles. The molecular formula is C40H28N2O2. The lowest BCUT2D eigenvalue weighted by Gasteiger charge is -2.26. The van der Waals surface area contributed by atoms with E-state index in [0.717, 1.165) is 43.8 Å². The fraction of sp³-hybridized carbons (Fsp3) is 0.0500. The molecule has 2 aliphatic heterocycles. The van der Waals surface area contributed by atoms with Gasteiger partial charge in [0.15, 0.2) is 0 Å². The zero-order chi connectivity index (χ0) is 29.6. The minimum absolute atomic E-state index is 0.154. The molecule has 0 atom stereocenters. The van der Waals surface area contributed by atoms with Gasteiger partial charge in [-0.25, -0.2) is 0 Å². The Morgan fingerprint density at radius 1 is 0.386 bits per heavy atom. The molecule has 0 saturated carbocycles. The second-order valence-corrected chi connectivity index (χ2v) is 11.3. The van der Waals surface area contributed by atoms with Crippen molar-refractivity contribution in [1.82, 2.24) is 9.80 Å². The van der Waals surface area contributed by atoms with Gasteiger partial charge in [0.1, 0.15) is 0 Å². The molecule has 0 spiro atoms. The number of carbonyl (C=O) groups excluding carboxylic acids is 2. The zero-order valence-electron chi connectivity index (χ0n) is 24.0. The van der Waals surface area contributed by atoms with Gasteiger partial charge in [-0.15, -0.1) is 0 Å². The Hall–Kier alpha value is -5.74. The Morgan fingerprint density at radius 3 is 1.16 bits per heavy atom. The fourth-order valence-electron chi connectivity index (χ4n) is 6.50. The quantitative estimate of drug-likeness (QED) is 0.203. The highest BCUT2D eigenvalue weighted by molar-refractivity contribution is 6.30. The molecule has 2 aliphatic rings. The molecule has 0 bridgehead atoms. The smallest absolute Gasteiger partial charge is 0.261 e. The van der Waals surface area contributed by atoms with Gasteiger partial charge in [-0.05, 0) is 55.9 Å². The first kappa shape index (κ1) is 25.9. The minimum Gasteiger partial charge on any atom is -0.302 e. The third kappa shape index (κ3) is 4.31. The topological polar surface area (TPSA) is 40.6 Å². The van der Waals surface area contributed by atoms with Crippen LogP contribution in [-0.2, 0) is 22.7 Å². The van der Waals surface area contributed by atoms with E-state index >= 15 is 0 Å². The Kier molecular flexibility index (Phi) is 6.20. The van der Waals surface area contributed by atoms with E-state index in [-0.39, 0.29) is 11.8 Å². The Bertz CT molecular complexity index is 2010. The highest BCUT2D eigenvalue weighted by atomic mass is 16.2. The number of hydrogen-bond acceptors (Lipinski definition) is 2. The number of hydrogen-bond donors (Lipinski definition) is 0. The van der Waals surface area contributed by atoms with E-state index in [1.807, 2.05) is 97.1 Å². The summed E-state index contributed by atoms with van der Waals surface area (Å²) < 4.78 is 0. The van der Waals surface area contributed by atoms with Crippen molar-refractivity contribution in [3.8, 4) is 0 Å². The van der Waals surface area contributed by atoms with Gasteiger partial charge >= 0.3 is 0 Å². The summed E-state index contributed by atoms with van der Waals surface area (Å²) in [4.78, 5) is 32.9. The van der Waals surface area contributed by atoms with Crippen molar-refractivity contribution in [1.29, 1.82) is 0 Å². The molecule has 0 fully saturated rings. The van der Waals surface area contributed by atoms with E-state index in [9.17, 15) is 9.59 Å². The highest BCUT2D eigenvalue weighted by Gasteiger charge is 2.48. The first-order valence-electron chi connectivity index (χ1n) is 14.8. The van der Waals surface area contributed by atoms with Crippen molar-refractivity contribution < 1.29 is 9.59 Å². The van der Waals surface area contributed by atoms with Crippen molar-refractivity contribution in [2.24, 2.45) is 0 Å². The number of fused-ring (bicyclic) bond motifs is 3. The van der Waals surface area contributed by atoms with Gasteiger partial charge in [0.2, 0.25) is 0 Å². The molecule has 6 aromatic carbocycles. The van der Waals surface area contributed by atoms with Crippen LogP contribution in [-0.4, -0.2) is 21.6 Å². The summed E-state index contributed by atoms with van der Waals surface area (Å²) in [5, 5.41) is 4.33. The number of carbonyl (C=O) groups is 2. The van der Waals surface area contributed by atoms with Crippen LogP contribution in [0.25, 0.3) is 32.9 Å². The van der Waals surface area contributed by atoms with Gasteiger partial charge in [0, 0.05) is 0 Å². The molecule has 44 heavy (non-hydrogen) atoms. The minimum atomic E-state index is -0.154. The summed E-state index contributed by atoms with van der Waals surface area (Å²) in [6.07, 6.45) is 0. The standard InChI is InChI=1S/C40H28N2O2/c43-39-36-35(37(41(39)25-27-11-3-1-4-12-27)33-21-19-29-15-7-9-17-31(29)23-33)40(44)42(26-28-13-5-2-6-14-28)38(36)34-22-20-30-16-8-10-18-32(30)24-34/h1-24H,25-26H2. The number of rotatable bonds is 6. The molecule has 4 nitrogen and oxygen atoms in total. The van der Waals surface area contributed by atoms with E-state index in [2.05, 4.69) is 48.5 Å². The Morgan fingerprint density at radius 2 is 0.750 bits per heavy atom. The number of amides is 2. The van der Waals surface area contributed by atoms with Crippen LogP contribution in [0, 0.1) is 0 Å². The maximum Gasteiger partial charge on any atom is 0.261 e. The van der Waals surface area contributed by atoms with E-state index in [1.165, 1.54) is 0 Å². The molecule has 0 N–H and O–H groups in total. The van der Waals surface area contributed by atoms with Gasteiger partial charge in [-0.3, -0.25) is 9.59 Å². The molecule has 0 aliphatic carbocycles. The Labute approximate surface area is 255 Å². The SMILES string of the molecule is O=C1C2=C(c3ccc4ccccc4c3)N(Cc3ccccc3)C(=O)C2=C(c2ccc3ccccc3c2)N1Cc1ccccc1. The van der Waals surface area contributed by atoms with Crippen LogP contribution in [0.3, 0.4) is 0 Å². The predicted octanol–water partition coefficient (Wildman–Crippen LogP) is 8.20. The average molecular weight is 569 g/mol. The van der Waals surface area contributed by atoms with Gasteiger partial charge in [0.25, 0.3) is 11.8 Å².